The van der Waals surface area contributed by atoms with Gasteiger partial charge in [0.15, 0.2) is 0 Å². The summed E-state index contributed by atoms with van der Waals surface area (Å²) in [6.45, 7) is 1.30. The number of rotatable bonds is 4. The lowest BCUT2D eigenvalue weighted by Crippen LogP contribution is -2.25. The summed E-state index contributed by atoms with van der Waals surface area (Å²) in [5.74, 6) is 1.11. The molecule has 1 aliphatic rings. The van der Waals surface area contributed by atoms with Crippen LogP contribution in [0.3, 0.4) is 0 Å². The van der Waals surface area contributed by atoms with Crippen molar-refractivity contribution < 1.29 is 4.79 Å². The molecule has 30 heavy (non-hydrogen) atoms. The van der Waals surface area contributed by atoms with Gasteiger partial charge in [0.2, 0.25) is 5.91 Å². The minimum Gasteiger partial charge on any atom is -0.323 e. The van der Waals surface area contributed by atoms with Crippen LogP contribution >= 0.6 is 27.5 Å². The third-order valence-corrected chi connectivity index (χ3v) is 6.49. The zero-order chi connectivity index (χ0) is 20.7. The molecule has 6 heteroatoms. The molecule has 0 radical (unpaired) electrons. The maximum atomic E-state index is 12.9. The van der Waals surface area contributed by atoms with E-state index < -0.39 is 0 Å². The Morgan fingerprint density at radius 2 is 1.73 bits per heavy atom. The van der Waals surface area contributed by atoms with E-state index >= 15 is 0 Å². The molecule has 1 atom stereocenters. The van der Waals surface area contributed by atoms with Gasteiger partial charge >= 0.3 is 0 Å². The maximum absolute atomic E-state index is 12.9. The first-order valence-electron chi connectivity index (χ1n) is 9.84. The average molecular weight is 481 g/mol. The molecule has 1 aliphatic heterocycles. The van der Waals surface area contributed by atoms with Crippen molar-refractivity contribution in [3.63, 3.8) is 0 Å². The van der Waals surface area contributed by atoms with Gasteiger partial charge in [-0.3, -0.25) is 4.79 Å². The Hall–Kier alpha value is -2.63. The van der Waals surface area contributed by atoms with Crippen LogP contribution in [-0.2, 0) is 11.3 Å². The van der Waals surface area contributed by atoms with E-state index in [1.807, 2.05) is 71.6 Å². The van der Waals surface area contributed by atoms with Gasteiger partial charge in [-0.25, -0.2) is 4.98 Å². The first-order valence-corrected chi connectivity index (χ1v) is 11.0. The number of nitrogens with zero attached hydrogens (tertiary/aromatic N) is 3. The third kappa shape index (κ3) is 3.53. The topological polar surface area (TPSA) is 38.1 Å². The van der Waals surface area contributed by atoms with Gasteiger partial charge in [0.1, 0.15) is 5.82 Å². The van der Waals surface area contributed by atoms with Crippen LogP contribution in [0.1, 0.15) is 23.7 Å². The van der Waals surface area contributed by atoms with Crippen LogP contribution in [0.15, 0.2) is 77.3 Å². The standard InChI is InChI=1S/C24H19BrClN3O/c25-19-5-1-3-7-21(19)28-15-17(13-23(28)30)24-27-20-6-2-4-8-22(20)29(24)14-16-9-11-18(26)12-10-16/h1-12,17H,13-15H2. The summed E-state index contributed by atoms with van der Waals surface area (Å²) >= 11 is 9.64. The average Bonchev–Trinajstić information content (AvgIpc) is 3.31. The lowest BCUT2D eigenvalue weighted by molar-refractivity contribution is -0.117. The normalized spacial score (nSPS) is 16.5. The molecule has 0 spiro atoms. The van der Waals surface area contributed by atoms with Crippen LogP contribution in [0.4, 0.5) is 5.69 Å². The molecule has 2 heterocycles. The smallest absolute Gasteiger partial charge is 0.227 e. The summed E-state index contributed by atoms with van der Waals surface area (Å²) in [6, 6.07) is 23.9. The summed E-state index contributed by atoms with van der Waals surface area (Å²) in [5, 5.41) is 0.722. The monoisotopic (exact) mass is 479 g/mol. The van der Waals surface area contributed by atoms with Gasteiger partial charge in [0, 0.05) is 34.9 Å². The fourth-order valence-corrected chi connectivity index (χ4v) is 4.75. The minimum atomic E-state index is 0.0318. The lowest BCUT2D eigenvalue weighted by Gasteiger charge is -2.19. The number of aromatic nitrogens is 2. The number of carbonyl (C=O) groups is 1. The number of benzene rings is 3. The van der Waals surface area contributed by atoms with E-state index in [4.69, 9.17) is 16.6 Å². The molecule has 0 aliphatic carbocycles. The lowest BCUT2D eigenvalue weighted by atomic mass is 10.1. The van der Waals surface area contributed by atoms with Gasteiger partial charge in [-0.05, 0) is 57.9 Å². The third-order valence-electron chi connectivity index (χ3n) is 5.57. The van der Waals surface area contributed by atoms with Gasteiger partial charge in [0.05, 0.1) is 16.7 Å². The Labute approximate surface area is 188 Å². The summed E-state index contributed by atoms with van der Waals surface area (Å²) in [5.41, 5.74) is 4.09. The highest BCUT2D eigenvalue weighted by Crippen LogP contribution is 2.36. The van der Waals surface area contributed by atoms with Gasteiger partial charge in [-0.15, -0.1) is 0 Å². The van der Waals surface area contributed by atoms with Gasteiger partial charge in [0.25, 0.3) is 0 Å². The Kier molecular flexibility index (Phi) is 5.09. The largest absolute Gasteiger partial charge is 0.323 e. The van der Waals surface area contributed by atoms with E-state index in [9.17, 15) is 4.79 Å². The van der Waals surface area contributed by atoms with E-state index in [-0.39, 0.29) is 11.8 Å². The second-order valence-corrected chi connectivity index (χ2v) is 8.82. The maximum Gasteiger partial charge on any atom is 0.227 e. The van der Waals surface area contributed by atoms with Crippen molar-refractivity contribution in [3.05, 3.63) is 93.7 Å². The van der Waals surface area contributed by atoms with Crippen molar-refractivity contribution in [2.24, 2.45) is 0 Å². The van der Waals surface area contributed by atoms with Crippen molar-refractivity contribution in [2.45, 2.75) is 18.9 Å². The highest BCUT2D eigenvalue weighted by atomic mass is 79.9. The van der Waals surface area contributed by atoms with Gasteiger partial charge in [-0.2, -0.15) is 0 Å². The minimum absolute atomic E-state index is 0.0318. The van der Waals surface area contributed by atoms with Crippen molar-refractivity contribution in [1.82, 2.24) is 9.55 Å². The quantitative estimate of drug-likeness (QED) is 0.358. The zero-order valence-corrected chi connectivity index (χ0v) is 18.5. The Morgan fingerprint density at radius 1 is 1.00 bits per heavy atom. The number of hydrogen-bond donors (Lipinski definition) is 0. The molecule has 3 aromatic carbocycles. The molecular formula is C24H19BrClN3O. The van der Waals surface area contributed by atoms with E-state index in [2.05, 4.69) is 26.6 Å². The Bertz CT molecular complexity index is 1230. The van der Waals surface area contributed by atoms with E-state index in [0.717, 1.165) is 37.6 Å². The number of anilines is 1. The number of amides is 1. The van der Waals surface area contributed by atoms with Crippen LogP contribution in [0.2, 0.25) is 5.02 Å². The summed E-state index contributed by atoms with van der Waals surface area (Å²) in [7, 11) is 0. The van der Waals surface area contributed by atoms with E-state index in [1.54, 1.807) is 0 Å². The highest BCUT2D eigenvalue weighted by Gasteiger charge is 2.35. The second-order valence-electron chi connectivity index (χ2n) is 7.53. The predicted molar refractivity (Wildman–Crippen MR) is 124 cm³/mol. The Morgan fingerprint density at radius 3 is 2.53 bits per heavy atom. The number of halogens is 2. The molecule has 4 nitrogen and oxygen atoms in total. The molecule has 1 fully saturated rings. The fraction of sp³-hybridized carbons (Fsp3) is 0.167. The van der Waals surface area contributed by atoms with Crippen molar-refractivity contribution >= 4 is 50.2 Å². The SMILES string of the molecule is O=C1CC(c2nc3ccccc3n2Cc2ccc(Cl)cc2)CN1c1ccccc1Br. The first kappa shape index (κ1) is 19.3. The van der Waals surface area contributed by atoms with Crippen LogP contribution < -0.4 is 4.90 Å². The zero-order valence-electron chi connectivity index (χ0n) is 16.1. The van der Waals surface area contributed by atoms with E-state index in [1.165, 1.54) is 0 Å². The summed E-state index contributed by atoms with van der Waals surface area (Å²) in [6.07, 6.45) is 0.450. The molecule has 1 unspecified atom stereocenters. The van der Waals surface area contributed by atoms with Crippen molar-refractivity contribution in [2.75, 3.05) is 11.4 Å². The van der Waals surface area contributed by atoms with Gasteiger partial charge < -0.3 is 9.47 Å². The molecule has 150 valence electrons. The van der Waals surface area contributed by atoms with E-state index in [0.29, 0.717) is 19.5 Å². The van der Waals surface area contributed by atoms with Crippen LogP contribution in [0, 0.1) is 0 Å². The molecule has 4 aromatic rings. The summed E-state index contributed by atoms with van der Waals surface area (Å²) < 4.78 is 3.16. The Balaban J connectivity index is 1.53. The molecule has 5 rings (SSSR count). The highest BCUT2D eigenvalue weighted by molar-refractivity contribution is 9.10. The number of para-hydroxylation sites is 3. The molecule has 1 aromatic heterocycles. The molecular weight excluding hydrogens is 462 g/mol. The fourth-order valence-electron chi connectivity index (χ4n) is 4.13. The molecule has 0 N–H and O–H groups in total. The number of fused-ring (bicyclic) bond motifs is 1. The number of imidazole rings is 1. The predicted octanol–water partition coefficient (Wildman–Crippen LogP) is 6.02. The first-order chi connectivity index (χ1) is 14.6. The molecule has 1 saturated heterocycles. The number of carbonyl (C=O) groups excluding carboxylic acids is 1. The van der Waals surface area contributed by atoms with Crippen LogP contribution in [0.5, 0.6) is 0 Å². The van der Waals surface area contributed by atoms with Gasteiger partial charge in [-0.1, -0.05) is 48.0 Å². The van der Waals surface area contributed by atoms with Crippen molar-refractivity contribution in [1.29, 1.82) is 0 Å². The summed E-state index contributed by atoms with van der Waals surface area (Å²) in [4.78, 5) is 19.7. The van der Waals surface area contributed by atoms with Crippen molar-refractivity contribution in [3.8, 4) is 0 Å². The van der Waals surface area contributed by atoms with Crippen LogP contribution in [0.25, 0.3) is 11.0 Å². The molecule has 0 saturated carbocycles. The van der Waals surface area contributed by atoms with Crippen LogP contribution in [-0.4, -0.2) is 22.0 Å². The molecule has 1 amide bonds. The number of hydrogen-bond acceptors (Lipinski definition) is 2. The molecule has 0 bridgehead atoms. The second kappa shape index (κ2) is 7.89.